The van der Waals surface area contributed by atoms with Gasteiger partial charge in [0.25, 0.3) is 10.0 Å². The molecule has 0 saturated carbocycles. The molecule has 0 spiro atoms. The van der Waals surface area contributed by atoms with Gasteiger partial charge in [-0.3, -0.25) is 13.9 Å². The molecule has 0 heterocycles. The van der Waals surface area contributed by atoms with E-state index >= 15 is 0 Å². The standard InChI is InChI=1S/C29H31ClF3N3O4S/c1-4-16-34-28(38)21(3)35(18-22-8-6-5-7-9-22)27(37)19-36(41(39,40)24-13-10-20(2)11-14-24)23-12-15-26(30)25(17-23)29(31,32)33/h5-15,17,21H,4,16,18-19H2,1-3H3,(H,34,38)/t21-/m1/s1. The van der Waals surface area contributed by atoms with Crippen LogP contribution in [-0.4, -0.2) is 44.3 Å². The second-order valence-electron chi connectivity index (χ2n) is 9.46. The molecule has 220 valence electrons. The smallest absolute Gasteiger partial charge is 0.354 e. The number of benzene rings is 3. The molecule has 7 nitrogen and oxygen atoms in total. The van der Waals surface area contributed by atoms with E-state index in [1.165, 1.54) is 36.1 Å². The molecule has 0 aromatic heterocycles. The number of carbonyl (C=O) groups is 2. The summed E-state index contributed by atoms with van der Waals surface area (Å²) in [5.74, 6) is -1.23. The molecule has 0 radical (unpaired) electrons. The summed E-state index contributed by atoms with van der Waals surface area (Å²) in [4.78, 5) is 27.7. The second kappa shape index (κ2) is 13.4. The Morgan fingerprint density at radius 1 is 1.00 bits per heavy atom. The van der Waals surface area contributed by atoms with Crippen LogP contribution in [0.5, 0.6) is 0 Å². The predicted octanol–water partition coefficient (Wildman–Crippen LogP) is 5.81. The molecule has 1 atom stereocenters. The van der Waals surface area contributed by atoms with Crippen molar-refractivity contribution in [1.29, 1.82) is 0 Å². The zero-order chi connectivity index (χ0) is 30.4. The highest BCUT2D eigenvalue weighted by Crippen LogP contribution is 2.38. The number of amides is 2. The first kappa shape index (κ1) is 32.0. The molecular formula is C29H31ClF3N3O4S. The molecule has 0 aliphatic heterocycles. The summed E-state index contributed by atoms with van der Waals surface area (Å²) >= 11 is 5.79. The Hall–Kier alpha value is -3.57. The number of hydrogen-bond donors (Lipinski definition) is 1. The van der Waals surface area contributed by atoms with Gasteiger partial charge in [0.05, 0.1) is 21.2 Å². The molecule has 41 heavy (non-hydrogen) atoms. The molecule has 3 aromatic carbocycles. The normalized spacial score (nSPS) is 12.5. The van der Waals surface area contributed by atoms with Crippen molar-refractivity contribution >= 4 is 39.1 Å². The first-order valence-corrected chi connectivity index (χ1v) is 14.6. The quantitative estimate of drug-likeness (QED) is 0.297. The molecular weight excluding hydrogens is 579 g/mol. The minimum absolute atomic E-state index is 0.0345. The summed E-state index contributed by atoms with van der Waals surface area (Å²) in [5.41, 5.74) is -0.215. The van der Waals surface area contributed by atoms with Gasteiger partial charge in [0, 0.05) is 13.1 Å². The molecule has 0 fully saturated rings. The van der Waals surface area contributed by atoms with E-state index in [0.29, 0.717) is 28.9 Å². The fraction of sp³-hybridized carbons (Fsp3) is 0.310. The van der Waals surface area contributed by atoms with Gasteiger partial charge in [0.2, 0.25) is 11.8 Å². The maximum absolute atomic E-state index is 13.8. The minimum Gasteiger partial charge on any atom is -0.354 e. The fourth-order valence-corrected chi connectivity index (χ4v) is 5.64. The van der Waals surface area contributed by atoms with E-state index in [1.807, 2.05) is 6.92 Å². The highest BCUT2D eigenvalue weighted by atomic mass is 35.5. The summed E-state index contributed by atoms with van der Waals surface area (Å²) in [6.07, 6.45) is -4.21. The van der Waals surface area contributed by atoms with Crippen molar-refractivity contribution in [2.24, 2.45) is 0 Å². The lowest BCUT2D eigenvalue weighted by atomic mass is 10.1. The van der Waals surface area contributed by atoms with Crippen LogP contribution >= 0.6 is 11.6 Å². The number of alkyl halides is 3. The van der Waals surface area contributed by atoms with E-state index in [0.717, 1.165) is 17.7 Å². The Balaban J connectivity index is 2.10. The third-order valence-corrected chi connectivity index (χ3v) is 8.46. The first-order valence-electron chi connectivity index (χ1n) is 12.8. The van der Waals surface area contributed by atoms with Crippen molar-refractivity contribution < 1.29 is 31.2 Å². The number of nitrogens with zero attached hydrogens (tertiary/aromatic N) is 2. The van der Waals surface area contributed by atoms with E-state index in [-0.39, 0.29) is 11.4 Å². The number of aryl methyl sites for hydroxylation is 1. The van der Waals surface area contributed by atoms with E-state index in [4.69, 9.17) is 11.6 Å². The van der Waals surface area contributed by atoms with Crippen LogP contribution in [0, 0.1) is 6.92 Å². The van der Waals surface area contributed by atoms with Gasteiger partial charge >= 0.3 is 6.18 Å². The van der Waals surface area contributed by atoms with Gasteiger partial charge in [-0.15, -0.1) is 0 Å². The minimum atomic E-state index is -4.87. The molecule has 2 amide bonds. The highest BCUT2D eigenvalue weighted by Gasteiger charge is 2.37. The third kappa shape index (κ3) is 8.01. The lowest BCUT2D eigenvalue weighted by Gasteiger charge is -2.32. The molecule has 3 rings (SSSR count). The Morgan fingerprint density at radius 3 is 2.22 bits per heavy atom. The SMILES string of the molecule is CCCNC(=O)[C@@H](C)N(Cc1ccccc1)C(=O)CN(c1ccc(Cl)c(C(F)(F)F)c1)S(=O)(=O)c1ccc(C)cc1. The van der Waals surface area contributed by atoms with Gasteiger partial charge in [-0.2, -0.15) is 13.2 Å². The van der Waals surface area contributed by atoms with Gasteiger partial charge in [0.1, 0.15) is 12.6 Å². The van der Waals surface area contributed by atoms with Crippen molar-refractivity contribution in [2.75, 3.05) is 17.4 Å². The molecule has 0 unspecified atom stereocenters. The number of sulfonamides is 1. The predicted molar refractivity (Wildman–Crippen MR) is 152 cm³/mol. The zero-order valence-corrected chi connectivity index (χ0v) is 24.4. The Labute approximate surface area is 243 Å². The van der Waals surface area contributed by atoms with Crippen LogP contribution < -0.4 is 9.62 Å². The number of anilines is 1. The maximum Gasteiger partial charge on any atom is 0.417 e. The Morgan fingerprint density at radius 2 is 1.63 bits per heavy atom. The number of rotatable bonds is 11. The van der Waals surface area contributed by atoms with E-state index in [2.05, 4.69) is 5.32 Å². The Bertz CT molecular complexity index is 1470. The van der Waals surface area contributed by atoms with Crippen molar-refractivity contribution in [2.45, 2.75) is 50.9 Å². The van der Waals surface area contributed by atoms with Crippen LogP contribution in [0.15, 0.2) is 77.7 Å². The molecule has 0 aliphatic rings. The first-order chi connectivity index (χ1) is 19.3. The van der Waals surface area contributed by atoms with Crippen LogP contribution in [0.4, 0.5) is 18.9 Å². The lowest BCUT2D eigenvalue weighted by molar-refractivity contribution is -0.139. The summed E-state index contributed by atoms with van der Waals surface area (Å²) in [6.45, 7) is 4.59. The van der Waals surface area contributed by atoms with Gasteiger partial charge in [-0.1, -0.05) is 66.6 Å². The van der Waals surface area contributed by atoms with Gasteiger partial charge in [-0.05, 0) is 56.2 Å². The monoisotopic (exact) mass is 609 g/mol. The van der Waals surface area contributed by atoms with Gasteiger partial charge in [-0.25, -0.2) is 8.42 Å². The largest absolute Gasteiger partial charge is 0.417 e. The maximum atomic E-state index is 13.8. The van der Waals surface area contributed by atoms with Crippen molar-refractivity contribution in [3.05, 3.63) is 94.5 Å². The summed E-state index contributed by atoms with van der Waals surface area (Å²) in [5, 5.41) is 2.11. The van der Waals surface area contributed by atoms with E-state index in [1.54, 1.807) is 37.3 Å². The van der Waals surface area contributed by atoms with Crippen LogP contribution in [-0.2, 0) is 32.3 Å². The second-order valence-corrected chi connectivity index (χ2v) is 11.7. The van der Waals surface area contributed by atoms with E-state index < -0.39 is 56.9 Å². The molecule has 0 aliphatic carbocycles. The van der Waals surface area contributed by atoms with Gasteiger partial charge < -0.3 is 10.2 Å². The van der Waals surface area contributed by atoms with Crippen LogP contribution in [0.3, 0.4) is 0 Å². The van der Waals surface area contributed by atoms with Crippen LogP contribution in [0.1, 0.15) is 37.0 Å². The summed E-state index contributed by atoms with van der Waals surface area (Å²) in [7, 11) is -4.53. The van der Waals surface area contributed by atoms with Crippen molar-refractivity contribution in [1.82, 2.24) is 10.2 Å². The van der Waals surface area contributed by atoms with Crippen molar-refractivity contribution in [3.8, 4) is 0 Å². The molecule has 3 aromatic rings. The number of carbonyl (C=O) groups excluding carboxylic acids is 2. The number of nitrogens with one attached hydrogen (secondary N) is 1. The summed E-state index contributed by atoms with van der Waals surface area (Å²) < 4.78 is 69.4. The molecule has 1 N–H and O–H groups in total. The number of halogens is 4. The number of hydrogen-bond acceptors (Lipinski definition) is 4. The average molecular weight is 610 g/mol. The molecule has 0 bridgehead atoms. The van der Waals surface area contributed by atoms with E-state index in [9.17, 15) is 31.2 Å². The lowest BCUT2D eigenvalue weighted by Crippen LogP contribution is -2.51. The topological polar surface area (TPSA) is 86.8 Å². The molecule has 0 saturated heterocycles. The Kier molecular flexibility index (Phi) is 10.4. The van der Waals surface area contributed by atoms with Crippen LogP contribution in [0.25, 0.3) is 0 Å². The third-order valence-electron chi connectivity index (χ3n) is 6.34. The van der Waals surface area contributed by atoms with Crippen LogP contribution in [0.2, 0.25) is 5.02 Å². The average Bonchev–Trinajstić information content (AvgIpc) is 2.93. The molecule has 12 heteroatoms. The van der Waals surface area contributed by atoms with Gasteiger partial charge in [0.15, 0.2) is 0 Å². The zero-order valence-electron chi connectivity index (χ0n) is 22.8. The highest BCUT2D eigenvalue weighted by molar-refractivity contribution is 7.92. The van der Waals surface area contributed by atoms with Crippen molar-refractivity contribution in [3.63, 3.8) is 0 Å². The fourth-order valence-electron chi connectivity index (χ4n) is 4.01. The summed E-state index contributed by atoms with van der Waals surface area (Å²) in [6, 6.07) is 16.1.